The fourth-order valence-electron chi connectivity index (χ4n) is 4.02. The average Bonchev–Trinajstić information content (AvgIpc) is 3.51. The van der Waals surface area contributed by atoms with Crippen LogP contribution in [0.4, 0.5) is 11.4 Å². The molecule has 0 bridgehead atoms. The van der Waals surface area contributed by atoms with E-state index in [0.29, 0.717) is 28.9 Å². The van der Waals surface area contributed by atoms with Crippen LogP contribution in [0.3, 0.4) is 0 Å². The molecule has 0 saturated carbocycles. The number of aromatic nitrogens is 4. The van der Waals surface area contributed by atoms with Crippen molar-refractivity contribution < 1.29 is 14.0 Å². The molecule has 1 aliphatic heterocycles. The van der Waals surface area contributed by atoms with E-state index in [1.54, 1.807) is 43.5 Å². The van der Waals surface area contributed by atoms with E-state index in [0.717, 1.165) is 11.3 Å². The smallest absolute Gasteiger partial charge is 0.250 e. The van der Waals surface area contributed by atoms with Crippen LogP contribution >= 0.6 is 11.8 Å². The second-order valence-electron chi connectivity index (χ2n) is 8.68. The molecule has 4 heterocycles. The van der Waals surface area contributed by atoms with Gasteiger partial charge in [-0.05, 0) is 57.2 Å². The first-order valence-corrected chi connectivity index (χ1v) is 12.0. The van der Waals surface area contributed by atoms with Crippen LogP contribution in [0.5, 0.6) is 0 Å². The van der Waals surface area contributed by atoms with E-state index < -0.39 is 10.8 Å². The Labute approximate surface area is 206 Å². The Hall–Kier alpha value is -3.92. The second kappa shape index (κ2) is 9.03. The number of rotatable bonds is 6. The van der Waals surface area contributed by atoms with E-state index in [4.69, 9.17) is 4.42 Å². The summed E-state index contributed by atoms with van der Waals surface area (Å²) >= 11 is 1.29. The molecule has 1 atom stereocenters. The summed E-state index contributed by atoms with van der Waals surface area (Å²) in [4.78, 5) is 32.4. The maximum absolute atomic E-state index is 13.8. The molecule has 9 nitrogen and oxygen atoms in total. The summed E-state index contributed by atoms with van der Waals surface area (Å²) in [7, 11) is 0. The van der Waals surface area contributed by atoms with Crippen molar-refractivity contribution in [3.8, 4) is 11.4 Å². The zero-order chi connectivity index (χ0) is 24.6. The van der Waals surface area contributed by atoms with Gasteiger partial charge in [-0.25, -0.2) is 0 Å². The van der Waals surface area contributed by atoms with Crippen LogP contribution in [0.25, 0.3) is 11.4 Å². The first kappa shape index (κ1) is 22.9. The molecule has 1 unspecified atom stereocenters. The maximum Gasteiger partial charge on any atom is 0.250 e. The number of amides is 2. The molecule has 178 valence electrons. The normalized spacial score (nSPS) is 15.4. The van der Waals surface area contributed by atoms with Gasteiger partial charge in [0.05, 0.1) is 29.4 Å². The van der Waals surface area contributed by atoms with Crippen LogP contribution in [0, 0.1) is 0 Å². The first-order chi connectivity index (χ1) is 16.9. The lowest BCUT2D eigenvalue weighted by Gasteiger charge is -2.43. The summed E-state index contributed by atoms with van der Waals surface area (Å²) in [5, 5.41) is 11.7. The van der Waals surface area contributed by atoms with E-state index in [2.05, 4.69) is 20.5 Å². The minimum atomic E-state index is -1.05. The monoisotopic (exact) mass is 488 g/mol. The van der Waals surface area contributed by atoms with E-state index in [9.17, 15) is 9.59 Å². The molecule has 2 amide bonds. The number of thioether (sulfide) groups is 1. The third kappa shape index (κ3) is 4.21. The lowest BCUT2D eigenvalue weighted by Crippen LogP contribution is -2.60. The van der Waals surface area contributed by atoms with Gasteiger partial charge in [0.15, 0.2) is 11.0 Å². The van der Waals surface area contributed by atoms with Crippen molar-refractivity contribution in [1.29, 1.82) is 0 Å². The van der Waals surface area contributed by atoms with Crippen LogP contribution in [0.15, 0.2) is 76.8 Å². The average molecular weight is 489 g/mol. The van der Waals surface area contributed by atoms with Crippen LogP contribution in [-0.4, -0.2) is 42.4 Å². The first-order valence-electron chi connectivity index (χ1n) is 11.1. The molecule has 1 aromatic carbocycles. The lowest BCUT2D eigenvalue weighted by atomic mass is 9.96. The largest absolute Gasteiger partial charge is 0.467 e. The van der Waals surface area contributed by atoms with Crippen molar-refractivity contribution in [1.82, 2.24) is 19.7 Å². The fourth-order valence-corrected chi connectivity index (χ4v) is 4.91. The van der Waals surface area contributed by atoms with Gasteiger partial charge in [0.1, 0.15) is 11.3 Å². The minimum Gasteiger partial charge on any atom is -0.467 e. The van der Waals surface area contributed by atoms with E-state index >= 15 is 0 Å². The number of hydrogen-bond acceptors (Lipinski definition) is 7. The summed E-state index contributed by atoms with van der Waals surface area (Å²) in [6.45, 7) is 5.70. The molecule has 0 radical (unpaired) electrons. The number of carbonyl (C=O) groups is 2. The lowest BCUT2D eigenvalue weighted by molar-refractivity contribution is -0.126. The molecular weight excluding hydrogens is 464 g/mol. The Bertz CT molecular complexity index is 1370. The SMILES string of the molecule is CC(Sc1nnc(-c2cccnc2)n1Cc1ccco1)C(=O)N1c2ccccc2NC(=O)C1(C)C. The highest BCUT2D eigenvalue weighted by Gasteiger charge is 2.45. The quantitative estimate of drug-likeness (QED) is 0.405. The topological polar surface area (TPSA) is 106 Å². The Morgan fingerprint density at radius 1 is 1.14 bits per heavy atom. The number of hydrogen-bond donors (Lipinski definition) is 1. The van der Waals surface area contributed by atoms with Gasteiger partial charge >= 0.3 is 0 Å². The zero-order valence-electron chi connectivity index (χ0n) is 19.5. The number of nitrogens with one attached hydrogen (secondary N) is 1. The molecule has 10 heteroatoms. The molecule has 0 aliphatic carbocycles. The number of fused-ring (bicyclic) bond motifs is 1. The Kier molecular flexibility index (Phi) is 5.89. The fraction of sp³-hybridized carbons (Fsp3) is 0.240. The number of nitrogens with zero attached hydrogens (tertiary/aromatic N) is 5. The zero-order valence-corrected chi connectivity index (χ0v) is 20.3. The van der Waals surface area contributed by atoms with Gasteiger partial charge in [0, 0.05) is 18.0 Å². The highest BCUT2D eigenvalue weighted by Crippen LogP contribution is 2.39. The van der Waals surface area contributed by atoms with Gasteiger partial charge < -0.3 is 9.73 Å². The predicted molar refractivity (Wildman–Crippen MR) is 133 cm³/mol. The Balaban J connectivity index is 1.48. The number of pyridine rings is 1. The molecule has 3 aromatic heterocycles. The van der Waals surface area contributed by atoms with Crippen LogP contribution in [0.2, 0.25) is 0 Å². The van der Waals surface area contributed by atoms with Gasteiger partial charge in [-0.15, -0.1) is 10.2 Å². The number of anilines is 2. The summed E-state index contributed by atoms with van der Waals surface area (Å²) in [5.41, 5.74) is 1.04. The third-order valence-electron chi connectivity index (χ3n) is 5.89. The number of benzene rings is 1. The molecule has 5 rings (SSSR count). The molecular formula is C25H24N6O3S. The van der Waals surface area contributed by atoms with Crippen molar-refractivity contribution >= 4 is 35.0 Å². The van der Waals surface area contributed by atoms with E-state index in [1.165, 1.54) is 11.8 Å². The summed E-state index contributed by atoms with van der Waals surface area (Å²) in [5.74, 6) is 0.928. The van der Waals surface area contributed by atoms with E-state index in [-0.39, 0.29) is 11.8 Å². The Morgan fingerprint density at radius 2 is 1.97 bits per heavy atom. The molecule has 4 aromatic rings. The summed E-state index contributed by atoms with van der Waals surface area (Å²) in [6.07, 6.45) is 5.03. The van der Waals surface area contributed by atoms with Crippen molar-refractivity contribution in [2.24, 2.45) is 0 Å². The molecule has 0 spiro atoms. The molecule has 35 heavy (non-hydrogen) atoms. The minimum absolute atomic E-state index is 0.197. The number of para-hydroxylation sites is 2. The van der Waals surface area contributed by atoms with Gasteiger partial charge in [-0.3, -0.25) is 24.0 Å². The van der Waals surface area contributed by atoms with Crippen LogP contribution in [0.1, 0.15) is 26.5 Å². The van der Waals surface area contributed by atoms with Crippen LogP contribution < -0.4 is 10.2 Å². The Morgan fingerprint density at radius 3 is 2.71 bits per heavy atom. The van der Waals surface area contributed by atoms with Crippen molar-refractivity contribution in [2.45, 2.75) is 43.3 Å². The van der Waals surface area contributed by atoms with Crippen molar-refractivity contribution in [2.75, 3.05) is 10.2 Å². The molecule has 0 fully saturated rings. The summed E-state index contributed by atoms with van der Waals surface area (Å²) < 4.78 is 7.47. The standard InChI is InChI=1S/C25H24N6O3S/c1-16(22(32)31-20-11-5-4-10-19(20)27-23(33)25(31,2)3)35-24-29-28-21(17-8-6-12-26-14-17)30(24)15-18-9-7-13-34-18/h4-14,16H,15H2,1-3H3,(H,27,33). The second-order valence-corrected chi connectivity index (χ2v) is 9.99. The van der Waals surface area contributed by atoms with Crippen molar-refractivity contribution in [3.63, 3.8) is 0 Å². The third-order valence-corrected chi connectivity index (χ3v) is 6.96. The van der Waals surface area contributed by atoms with E-state index in [1.807, 2.05) is 54.0 Å². The predicted octanol–water partition coefficient (Wildman–Crippen LogP) is 4.23. The van der Waals surface area contributed by atoms with Crippen LogP contribution in [-0.2, 0) is 16.1 Å². The molecule has 1 aliphatic rings. The highest BCUT2D eigenvalue weighted by atomic mass is 32.2. The highest BCUT2D eigenvalue weighted by molar-refractivity contribution is 8.00. The maximum atomic E-state index is 13.8. The van der Waals surface area contributed by atoms with Gasteiger partial charge in [0.25, 0.3) is 0 Å². The number of furan rings is 1. The molecule has 0 saturated heterocycles. The van der Waals surface area contributed by atoms with Gasteiger partial charge in [0.2, 0.25) is 11.8 Å². The van der Waals surface area contributed by atoms with Crippen molar-refractivity contribution in [3.05, 3.63) is 72.9 Å². The summed E-state index contributed by atoms with van der Waals surface area (Å²) in [6, 6.07) is 14.8. The number of carbonyl (C=O) groups excluding carboxylic acids is 2. The van der Waals surface area contributed by atoms with Gasteiger partial charge in [-0.1, -0.05) is 23.9 Å². The van der Waals surface area contributed by atoms with Gasteiger partial charge in [-0.2, -0.15) is 0 Å². The molecule has 1 N–H and O–H groups in total.